The Labute approximate surface area is 255 Å². The Bertz CT molecular complexity index is 1470. The Morgan fingerprint density at radius 1 is 1.14 bits per heavy atom. The molecule has 3 aromatic rings. The van der Waals surface area contributed by atoms with E-state index in [0.717, 1.165) is 5.56 Å². The van der Waals surface area contributed by atoms with Crippen molar-refractivity contribution < 1.29 is 23.8 Å². The number of esters is 1. The van der Waals surface area contributed by atoms with E-state index in [1.54, 1.807) is 35.6 Å². The fourth-order valence-electron chi connectivity index (χ4n) is 4.58. The zero-order chi connectivity index (χ0) is 30.4. The first kappa shape index (κ1) is 31.2. The van der Waals surface area contributed by atoms with Gasteiger partial charge in [0, 0.05) is 29.6 Å². The molecule has 0 saturated carbocycles. The largest absolute Gasteiger partial charge is 0.493 e. The third kappa shape index (κ3) is 7.01. The highest BCUT2D eigenvalue weighted by Gasteiger charge is 2.36. The third-order valence-electron chi connectivity index (χ3n) is 6.68. The van der Waals surface area contributed by atoms with Crippen LogP contribution in [0.4, 0.5) is 5.95 Å². The summed E-state index contributed by atoms with van der Waals surface area (Å²) in [6.45, 7) is 10.4. The number of methoxy groups -OCH3 is 1. The number of nitrogens with zero attached hydrogens (tertiary/aromatic N) is 4. The maximum Gasteiger partial charge on any atom is 0.338 e. The van der Waals surface area contributed by atoms with Crippen LogP contribution in [0.5, 0.6) is 11.5 Å². The van der Waals surface area contributed by atoms with Crippen LogP contribution in [0.15, 0.2) is 58.9 Å². The molecule has 10 nitrogen and oxygen atoms in total. The Balaban J connectivity index is 1.68. The van der Waals surface area contributed by atoms with Crippen LogP contribution in [0.2, 0.25) is 5.02 Å². The van der Waals surface area contributed by atoms with Gasteiger partial charge in [-0.15, -0.1) is 5.10 Å². The molecular weight excluding hydrogens is 578 g/mol. The summed E-state index contributed by atoms with van der Waals surface area (Å²) in [4.78, 5) is 32.3. The van der Waals surface area contributed by atoms with Crippen LogP contribution < -0.4 is 14.8 Å². The molecule has 42 heavy (non-hydrogen) atoms. The van der Waals surface area contributed by atoms with Crippen LogP contribution in [-0.4, -0.2) is 64.5 Å². The van der Waals surface area contributed by atoms with Crippen molar-refractivity contribution in [1.82, 2.24) is 19.7 Å². The topological polar surface area (TPSA) is 108 Å². The minimum absolute atomic E-state index is 0.115. The SMILES string of the molecule is CCN(CC)C(=O)COc1ccc(C2C(C(=O)OC(C)C)=C(C)Nc3nc(SCc4ccccc4Cl)nn32)cc1OC. The molecule has 1 aliphatic heterocycles. The molecule has 0 spiro atoms. The zero-order valence-electron chi connectivity index (χ0n) is 24.6. The van der Waals surface area contributed by atoms with Crippen molar-refractivity contribution in [3.05, 3.63) is 69.9 Å². The van der Waals surface area contributed by atoms with Crippen molar-refractivity contribution in [2.75, 3.05) is 32.1 Å². The molecule has 12 heteroatoms. The summed E-state index contributed by atoms with van der Waals surface area (Å²) >= 11 is 7.79. The number of ether oxygens (including phenoxy) is 3. The summed E-state index contributed by atoms with van der Waals surface area (Å²) in [7, 11) is 1.53. The molecule has 2 heterocycles. The smallest absolute Gasteiger partial charge is 0.338 e. The lowest BCUT2D eigenvalue weighted by molar-refractivity contribution is -0.143. The third-order valence-corrected chi connectivity index (χ3v) is 7.94. The van der Waals surface area contributed by atoms with Crippen LogP contribution >= 0.6 is 23.4 Å². The van der Waals surface area contributed by atoms with Gasteiger partial charge in [0.1, 0.15) is 6.04 Å². The average molecular weight is 614 g/mol. The zero-order valence-corrected chi connectivity index (χ0v) is 26.2. The number of allylic oxidation sites excluding steroid dienone is 1. The number of likely N-dealkylation sites (N-methyl/N-ethyl adjacent to an activating group) is 1. The molecular formula is C30H36ClN5O5S. The van der Waals surface area contributed by atoms with Crippen molar-refractivity contribution in [3.8, 4) is 11.5 Å². The number of nitrogens with one attached hydrogen (secondary N) is 1. The molecule has 1 atom stereocenters. The molecule has 1 aliphatic rings. The molecule has 1 aromatic heterocycles. The second-order valence-electron chi connectivity index (χ2n) is 9.83. The predicted molar refractivity (Wildman–Crippen MR) is 163 cm³/mol. The number of aromatic nitrogens is 3. The van der Waals surface area contributed by atoms with Crippen molar-refractivity contribution in [2.24, 2.45) is 0 Å². The molecule has 0 fully saturated rings. The number of halogens is 1. The predicted octanol–water partition coefficient (Wildman–Crippen LogP) is 5.72. The second-order valence-corrected chi connectivity index (χ2v) is 11.2. The quantitative estimate of drug-likeness (QED) is 0.203. The van der Waals surface area contributed by atoms with E-state index in [-0.39, 0.29) is 18.6 Å². The van der Waals surface area contributed by atoms with Crippen LogP contribution in [0.1, 0.15) is 51.8 Å². The van der Waals surface area contributed by atoms with Gasteiger partial charge in [0.05, 0.1) is 18.8 Å². The average Bonchev–Trinajstić information content (AvgIpc) is 3.37. The van der Waals surface area contributed by atoms with E-state index in [1.165, 1.54) is 18.9 Å². The van der Waals surface area contributed by atoms with E-state index in [1.807, 2.05) is 51.1 Å². The lowest BCUT2D eigenvalue weighted by Gasteiger charge is -2.29. The molecule has 0 bridgehead atoms. The van der Waals surface area contributed by atoms with Gasteiger partial charge in [-0.3, -0.25) is 4.79 Å². The van der Waals surface area contributed by atoms with E-state index >= 15 is 0 Å². The molecule has 0 aliphatic carbocycles. The van der Waals surface area contributed by atoms with Crippen LogP contribution in [0.3, 0.4) is 0 Å². The number of anilines is 1. The van der Waals surface area contributed by atoms with E-state index in [9.17, 15) is 9.59 Å². The fourth-order valence-corrected chi connectivity index (χ4v) is 5.70. The van der Waals surface area contributed by atoms with Crippen molar-refractivity contribution in [1.29, 1.82) is 0 Å². The number of thioether (sulfide) groups is 1. The van der Waals surface area contributed by atoms with Gasteiger partial charge < -0.3 is 24.4 Å². The van der Waals surface area contributed by atoms with Gasteiger partial charge in [0.2, 0.25) is 11.1 Å². The Morgan fingerprint density at radius 3 is 2.55 bits per heavy atom. The summed E-state index contributed by atoms with van der Waals surface area (Å²) in [5, 5.41) is 9.19. The van der Waals surface area contributed by atoms with Gasteiger partial charge in [-0.25, -0.2) is 9.48 Å². The molecule has 1 N–H and O–H groups in total. The highest BCUT2D eigenvalue weighted by Crippen LogP contribution is 2.40. The van der Waals surface area contributed by atoms with Crippen molar-refractivity contribution in [3.63, 3.8) is 0 Å². The van der Waals surface area contributed by atoms with Crippen LogP contribution in [0, 0.1) is 0 Å². The normalized spacial score (nSPS) is 14.3. The Hall–Kier alpha value is -3.70. The number of carbonyl (C=O) groups excluding carboxylic acids is 2. The minimum atomic E-state index is -0.657. The number of carbonyl (C=O) groups is 2. The molecule has 1 amide bonds. The summed E-state index contributed by atoms with van der Waals surface area (Å²) < 4.78 is 18.8. The van der Waals surface area contributed by atoms with Crippen LogP contribution in [-0.2, 0) is 20.1 Å². The lowest BCUT2D eigenvalue weighted by Crippen LogP contribution is -2.34. The molecule has 0 saturated heterocycles. The van der Waals surface area contributed by atoms with Gasteiger partial charge in [-0.1, -0.05) is 47.6 Å². The van der Waals surface area contributed by atoms with E-state index in [4.69, 9.17) is 35.9 Å². The van der Waals surface area contributed by atoms with E-state index in [0.29, 0.717) is 63.3 Å². The van der Waals surface area contributed by atoms with Gasteiger partial charge in [0.15, 0.2) is 18.1 Å². The number of fused-ring (bicyclic) bond motifs is 1. The summed E-state index contributed by atoms with van der Waals surface area (Å²) in [6, 6.07) is 12.3. The second kappa shape index (κ2) is 14.0. The van der Waals surface area contributed by atoms with Gasteiger partial charge in [-0.05, 0) is 63.9 Å². The highest BCUT2D eigenvalue weighted by atomic mass is 35.5. The van der Waals surface area contributed by atoms with Gasteiger partial charge in [0.25, 0.3) is 5.91 Å². The van der Waals surface area contributed by atoms with E-state index < -0.39 is 12.0 Å². The monoisotopic (exact) mass is 613 g/mol. The summed E-state index contributed by atoms with van der Waals surface area (Å²) in [6.07, 6.45) is -0.314. The summed E-state index contributed by atoms with van der Waals surface area (Å²) in [5.74, 6) is 1.32. The standard InChI is InChI=1S/C30H36ClN5O5S/c1-7-35(8-2)25(37)16-40-23-14-13-20(15-24(23)39-6)27-26(28(38)41-18(3)4)19(5)32-29-33-30(34-36(27)29)42-17-21-11-9-10-12-22(21)31/h9-15,18,27H,7-8,16-17H2,1-6H3,(H,32,33,34). The number of rotatable bonds is 12. The maximum atomic E-state index is 13.4. The first-order chi connectivity index (χ1) is 20.2. The maximum absolute atomic E-state index is 13.4. The number of benzene rings is 2. The molecule has 224 valence electrons. The van der Waals surface area contributed by atoms with Crippen molar-refractivity contribution in [2.45, 2.75) is 57.7 Å². The minimum Gasteiger partial charge on any atom is -0.493 e. The van der Waals surface area contributed by atoms with Crippen molar-refractivity contribution >= 4 is 41.2 Å². The number of hydrogen-bond acceptors (Lipinski definition) is 9. The van der Waals surface area contributed by atoms with E-state index in [2.05, 4.69) is 5.32 Å². The number of amides is 1. The van der Waals surface area contributed by atoms with Gasteiger partial charge >= 0.3 is 5.97 Å². The number of hydrogen-bond donors (Lipinski definition) is 1. The lowest BCUT2D eigenvalue weighted by atomic mass is 9.95. The first-order valence-electron chi connectivity index (χ1n) is 13.8. The highest BCUT2D eigenvalue weighted by molar-refractivity contribution is 7.98. The molecule has 0 radical (unpaired) electrons. The molecule has 4 rings (SSSR count). The molecule has 2 aromatic carbocycles. The molecule has 1 unspecified atom stereocenters. The fraction of sp³-hybridized carbons (Fsp3) is 0.400. The Morgan fingerprint density at radius 2 is 1.88 bits per heavy atom. The van der Waals surface area contributed by atoms with Gasteiger partial charge in [-0.2, -0.15) is 4.98 Å². The Kier molecular flexibility index (Phi) is 10.4. The summed E-state index contributed by atoms with van der Waals surface area (Å²) in [5.41, 5.74) is 2.69. The van der Waals surface area contributed by atoms with Crippen LogP contribution in [0.25, 0.3) is 0 Å². The first-order valence-corrected chi connectivity index (χ1v) is 15.1.